The number of carbonyl (C=O) groups excluding carboxylic acids is 1. The Morgan fingerprint density at radius 1 is 1.12 bits per heavy atom. The van der Waals surface area contributed by atoms with Gasteiger partial charge in [0.25, 0.3) is 0 Å². The maximum Gasteiger partial charge on any atom is 0.225 e. The van der Waals surface area contributed by atoms with Gasteiger partial charge in [-0.1, -0.05) is 12.1 Å². The quantitative estimate of drug-likeness (QED) is 0.802. The number of ether oxygens (including phenoxy) is 1. The van der Waals surface area contributed by atoms with Crippen molar-refractivity contribution >= 4 is 15.9 Å². The number of benzene rings is 1. The van der Waals surface area contributed by atoms with Crippen molar-refractivity contribution in [1.82, 2.24) is 9.21 Å². The fourth-order valence-corrected chi connectivity index (χ4v) is 6.42. The second-order valence-corrected chi connectivity index (χ2v) is 9.81. The lowest BCUT2D eigenvalue weighted by atomic mass is 10.0. The molecule has 0 spiro atoms. The number of nitrogens with zero attached hydrogens (tertiary/aromatic N) is 2. The van der Waals surface area contributed by atoms with Crippen LogP contribution in [-0.4, -0.2) is 55.5 Å². The van der Waals surface area contributed by atoms with Crippen molar-refractivity contribution in [2.75, 3.05) is 26.7 Å². The van der Waals surface area contributed by atoms with Gasteiger partial charge in [-0.05, 0) is 49.3 Å². The van der Waals surface area contributed by atoms with Crippen molar-refractivity contribution in [2.45, 2.75) is 37.5 Å². The lowest BCUT2D eigenvalue weighted by molar-refractivity contribution is -0.132. The summed E-state index contributed by atoms with van der Waals surface area (Å²) in [6, 6.07) is 7.55. The van der Waals surface area contributed by atoms with E-state index in [1.54, 1.807) is 11.4 Å². The van der Waals surface area contributed by atoms with Crippen molar-refractivity contribution in [3.05, 3.63) is 29.8 Å². The normalized spacial score (nSPS) is 28.4. The van der Waals surface area contributed by atoms with E-state index in [0.717, 1.165) is 30.6 Å². The Labute approximate surface area is 155 Å². The highest BCUT2D eigenvalue weighted by atomic mass is 32.2. The first-order chi connectivity index (χ1) is 12.5. The van der Waals surface area contributed by atoms with Crippen LogP contribution in [0.15, 0.2) is 24.3 Å². The molecule has 0 bridgehead atoms. The summed E-state index contributed by atoms with van der Waals surface area (Å²) >= 11 is 0. The van der Waals surface area contributed by atoms with Crippen LogP contribution in [0.4, 0.5) is 0 Å². The molecule has 0 N–H and O–H groups in total. The average molecular weight is 378 g/mol. The number of rotatable bonds is 4. The molecule has 1 aliphatic carbocycles. The summed E-state index contributed by atoms with van der Waals surface area (Å²) in [5.74, 6) is 1.33. The van der Waals surface area contributed by atoms with Gasteiger partial charge in [-0.2, -0.15) is 4.31 Å². The minimum Gasteiger partial charge on any atom is -0.497 e. The van der Waals surface area contributed by atoms with E-state index < -0.39 is 10.0 Å². The molecule has 0 aromatic heterocycles. The van der Waals surface area contributed by atoms with Crippen LogP contribution in [-0.2, 0) is 21.4 Å². The Morgan fingerprint density at radius 3 is 2.46 bits per heavy atom. The standard InChI is InChI=1S/C19H26N2O4S/c1-25-17-6-2-14(3-7-17)12-21-13-16-8-10-20(19(22)15-4-5-15)11-9-18(16)26(21,23)24/h2-3,6-7,15-16,18H,4-5,8-13H2,1H3/t16-,18-/m1/s1. The van der Waals surface area contributed by atoms with E-state index in [2.05, 4.69) is 0 Å². The first kappa shape index (κ1) is 17.8. The van der Waals surface area contributed by atoms with E-state index in [1.807, 2.05) is 29.2 Å². The number of likely N-dealkylation sites (tertiary alicyclic amines) is 1. The van der Waals surface area contributed by atoms with Gasteiger partial charge >= 0.3 is 0 Å². The van der Waals surface area contributed by atoms with Crippen LogP contribution >= 0.6 is 0 Å². The molecule has 2 saturated heterocycles. The highest BCUT2D eigenvalue weighted by molar-refractivity contribution is 7.90. The lowest BCUT2D eigenvalue weighted by Gasteiger charge is -2.22. The Hall–Kier alpha value is -1.60. The summed E-state index contributed by atoms with van der Waals surface area (Å²) in [6.07, 6.45) is 3.33. The van der Waals surface area contributed by atoms with Gasteiger partial charge in [0.2, 0.25) is 15.9 Å². The van der Waals surface area contributed by atoms with Crippen molar-refractivity contribution in [3.8, 4) is 5.75 Å². The molecule has 0 unspecified atom stereocenters. The third kappa shape index (κ3) is 3.34. The second-order valence-electron chi connectivity index (χ2n) is 7.66. The molecule has 0 radical (unpaired) electrons. The molecule has 1 amide bonds. The van der Waals surface area contributed by atoms with Crippen LogP contribution in [0.2, 0.25) is 0 Å². The Balaban J connectivity index is 1.44. The maximum atomic E-state index is 13.0. The van der Waals surface area contributed by atoms with E-state index in [-0.39, 0.29) is 23.0 Å². The van der Waals surface area contributed by atoms with Crippen LogP contribution in [0.3, 0.4) is 0 Å². The van der Waals surface area contributed by atoms with Gasteiger partial charge in [0.15, 0.2) is 0 Å². The Morgan fingerprint density at radius 2 is 1.81 bits per heavy atom. The Bertz CT molecular complexity index is 773. The van der Waals surface area contributed by atoms with E-state index in [4.69, 9.17) is 4.74 Å². The number of amides is 1. The number of sulfonamides is 1. The fraction of sp³-hybridized carbons (Fsp3) is 0.632. The molecule has 4 rings (SSSR count). The zero-order chi connectivity index (χ0) is 18.3. The van der Waals surface area contributed by atoms with Crippen LogP contribution < -0.4 is 4.74 Å². The Kier molecular flexibility index (Phi) is 4.69. The van der Waals surface area contributed by atoms with Gasteiger partial charge in [0.05, 0.1) is 12.4 Å². The van der Waals surface area contributed by atoms with Gasteiger partial charge in [-0.15, -0.1) is 0 Å². The predicted octanol–water partition coefficient (Wildman–Crippen LogP) is 1.86. The fourth-order valence-electron chi connectivity index (χ4n) is 4.19. The molecule has 3 aliphatic rings. The third-order valence-electron chi connectivity index (χ3n) is 5.92. The smallest absolute Gasteiger partial charge is 0.225 e. The van der Waals surface area contributed by atoms with Crippen LogP contribution in [0.25, 0.3) is 0 Å². The summed E-state index contributed by atoms with van der Waals surface area (Å²) in [6.45, 7) is 2.24. The summed E-state index contributed by atoms with van der Waals surface area (Å²) in [7, 11) is -1.70. The number of methoxy groups -OCH3 is 1. The number of fused-ring (bicyclic) bond motifs is 1. The van der Waals surface area contributed by atoms with Gasteiger partial charge in [-0.25, -0.2) is 8.42 Å². The molecule has 3 fully saturated rings. The monoisotopic (exact) mass is 378 g/mol. The average Bonchev–Trinajstić information content (AvgIpc) is 3.46. The molecular formula is C19H26N2O4S. The highest BCUT2D eigenvalue weighted by Crippen LogP contribution is 2.37. The molecule has 142 valence electrons. The largest absolute Gasteiger partial charge is 0.497 e. The SMILES string of the molecule is COc1ccc(CN2C[C@H]3CCN(C(=O)C4CC4)CC[C@H]3S2(=O)=O)cc1. The zero-order valence-corrected chi connectivity index (χ0v) is 16.0. The molecule has 2 aliphatic heterocycles. The molecule has 1 aromatic carbocycles. The minimum atomic E-state index is -3.31. The van der Waals surface area contributed by atoms with E-state index >= 15 is 0 Å². The number of carbonyl (C=O) groups is 1. The van der Waals surface area contributed by atoms with Crippen LogP contribution in [0.1, 0.15) is 31.2 Å². The van der Waals surface area contributed by atoms with Gasteiger partial charge in [-0.3, -0.25) is 4.79 Å². The van der Waals surface area contributed by atoms with Crippen LogP contribution in [0, 0.1) is 11.8 Å². The molecule has 2 heterocycles. The molecule has 2 atom stereocenters. The molecule has 1 saturated carbocycles. The van der Waals surface area contributed by atoms with E-state index in [9.17, 15) is 13.2 Å². The number of hydrogen-bond acceptors (Lipinski definition) is 4. The molecular weight excluding hydrogens is 352 g/mol. The zero-order valence-electron chi connectivity index (χ0n) is 15.1. The summed E-state index contributed by atoms with van der Waals surface area (Å²) < 4.78 is 32.8. The second kappa shape index (κ2) is 6.85. The molecule has 26 heavy (non-hydrogen) atoms. The summed E-state index contributed by atoms with van der Waals surface area (Å²) in [5.41, 5.74) is 0.969. The summed E-state index contributed by atoms with van der Waals surface area (Å²) in [4.78, 5) is 14.2. The third-order valence-corrected chi connectivity index (χ3v) is 8.30. The number of hydrogen-bond donors (Lipinski definition) is 0. The van der Waals surface area contributed by atoms with Crippen molar-refractivity contribution in [1.29, 1.82) is 0 Å². The van der Waals surface area contributed by atoms with E-state index in [0.29, 0.717) is 32.6 Å². The highest BCUT2D eigenvalue weighted by Gasteiger charge is 2.47. The van der Waals surface area contributed by atoms with Gasteiger partial charge in [0.1, 0.15) is 5.75 Å². The molecule has 6 nitrogen and oxygen atoms in total. The van der Waals surface area contributed by atoms with Crippen molar-refractivity contribution in [3.63, 3.8) is 0 Å². The molecule has 1 aromatic rings. The predicted molar refractivity (Wildman–Crippen MR) is 98.1 cm³/mol. The first-order valence-corrected chi connectivity index (χ1v) is 10.9. The lowest BCUT2D eigenvalue weighted by Crippen LogP contribution is -2.35. The molecule has 7 heteroatoms. The minimum absolute atomic E-state index is 0.121. The van der Waals surface area contributed by atoms with Crippen LogP contribution in [0.5, 0.6) is 5.75 Å². The topological polar surface area (TPSA) is 66.9 Å². The van der Waals surface area contributed by atoms with E-state index in [1.165, 1.54) is 0 Å². The van der Waals surface area contributed by atoms with Gasteiger partial charge < -0.3 is 9.64 Å². The summed E-state index contributed by atoms with van der Waals surface area (Å²) in [5, 5.41) is -0.349. The maximum absolute atomic E-state index is 13.0. The van der Waals surface area contributed by atoms with Gasteiger partial charge in [0, 0.05) is 32.1 Å². The van der Waals surface area contributed by atoms with Crippen molar-refractivity contribution < 1.29 is 17.9 Å². The van der Waals surface area contributed by atoms with Crippen molar-refractivity contribution in [2.24, 2.45) is 11.8 Å². The first-order valence-electron chi connectivity index (χ1n) is 9.39.